The molecule has 0 aromatic carbocycles. The second-order valence-electron chi connectivity index (χ2n) is 4.90. The Balaban J connectivity index is 2.54. The van der Waals surface area contributed by atoms with Gasteiger partial charge >= 0.3 is 0 Å². The summed E-state index contributed by atoms with van der Waals surface area (Å²) in [5.41, 5.74) is 0. The zero-order chi connectivity index (χ0) is 8.91. The van der Waals surface area contributed by atoms with Crippen molar-refractivity contribution < 1.29 is 9.22 Å². The maximum absolute atomic E-state index is 9.75. The van der Waals surface area contributed by atoms with Crippen LogP contribution in [0.1, 0.15) is 6.92 Å². The number of hydrogen-bond acceptors (Lipinski definition) is 2. The molecule has 1 fully saturated rings. The number of hydrogen-bond donors (Lipinski definition) is 1. The first-order valence-electron chi connectivity index (χ1n) is 4.09. The standard InChI is InChI=1S/C7H18O2Si2/c1-7(6-11(7,5)8)9-10(2,3)4/h8H,6H2,1-5H3. The molecule has 2 atom stereocenters. The molecule has 0 saturated carbocycles. The average Bonchev–Trinajstić information content (AvgIpc) is 1.96. The number of rotatable bonds is 2. The van der Waals surface area contributed by atoms with Crippen LogP contribution in [0.3, 0.4) is 0 Å². The summed E-state index contributed by atoms with van der Waals surface area (Å²) in [5, 5.41) is -0.114. The van der Waals surface area contributed by atoms with Crippen LogP contribution in [0.5, 0.6) is 0 Å². The van der Waals surface area contributed by atoms with E-state index in [2.05, 4.69) is 26.6 Å². The van der Waals surface area contributed by atoms with E-state index in [-0.39, 0.29) is 5.22 Å². The fourth-order valence-electron chi connectivity index (χ4n) is 1.43. The Kier molecular flexibility index (Phi) is 1.88. The molecule has 1 aliphatic rings. The molecule has 0 aromatic heterocycles. The van der Waals surface area contributed by atoms with Crippen molar-refractivity contribution in [2.75, 3.05) is 0 Å². The molecular weight excluding hydrogens is 172 g/mol. The summed E-state index contributed by atoms with van der Waals surface area (Å²) in [7, 11) is -3.36. The lowest BCUT2D eigenvalue weighted by molar-refractivity contribution is 0.215. The van der Waals surface area contributed by atoms with Crippen LogP contribution in [0.25, 0.3) is 0 Å². The van der Waals surface area contributed by atoms with Crippen LogP contribution in [0.15, 0.2) is 0 Å². The lowest BCUT2D eigenvalue weighted by Gasteiger charge is -2.24. The van der Waals surface area contributed by atoms with Crippen molar-refractivity contribution in [3.63, 3.8) is 0 Å². The van der Waals surface area contributed by atoms with E-state index >= 15 is 0 Å². The molecule has 0 radical (unpaired) electrons. The minimum Gasteiger partial charge on any atom is -0.429 e. The normalized spacial score (nSPS) is 44.2. The minimum absolute atomic E-state index is 0.114. The summed E-state index contributed by atoms with van der Waals surface area (Å²) in [6.07, 6.45) is 0. The van der Waals surface area contributed by atoms with Crippen molar-refractivity contribution in [1.29, 1.82) is 0 Å². The van der Waals surface area contributed by atoms with Crippen molar-refractivity contribution in [3.05, 3.63) is 0 Å². The van der Waals surface area contributed by atoms with Crippen molar-refractivity contribution >= 4 is 16.6 Å². The van der Waals surface area contributed by atoms with Crippen LogP contribution in [-0.2, 0) is 4.43 Å². The molecule has 2 unspecified atom stereocenters. The van der Waals surface area contributed by atoms with Crippen LogP contribution in [0.2, 0.25) is 32.2 Å². The Hall–Kier alpha value is 0.354. The third kappa shape index (κ3) is 1.93. The zero-order valence-electron chi connectivity index (χ0n) is 8.06. The Morgan fingerprint density at radius 1 is 1.45 bits per heavy atom. The van der Waals surface area contributed by atoms with E-state index in [1.54, 1.807) is 0 Å². The van der Waals surface area contributed by atoms with Gasteiger partial charge in [0.2, 0.25) is 8.32 Å². The monoisotopic (exact) mass is 190 g/mol. The lowest BCUT2D eigenvalue weighted by Crippen LogP contribution is -2.38. The van der Waals surface area contributed by atoms with Gasteiger partial charge in [-0.1, -0.05) is 0 Å². The van der Waals surface area contributed by atoms with Gasteiger partial charge < -0.3 is 9.22 Å². The topological polar surface area (TPSA) is 29.5 Å². The lowest BCUT2D eigenvalue weighted by atomic mass is 10.5. The SMILES string of the molecule is CC1(O[Si](C)(C)C)C[Si]1(C)O. The van der Waals surface area contributed by atoms with Crippen LogP contribution in [0, 0.1) is 0 Å². The van der Waals surface area contributed by atoms with Crippen LogP contribution in [-0.4, -0.2) is 26.7 Å². The minimum atomic E-state index is -1.91. The van der Waals surface area contributed by atoms with Gasteiger partial charge in [0.25, 0.3) is 0 Å². The van der Waals surface area contributed by atoms with E-state index in [9.17, 15) is 4.80 Å². The molecule has 0 aromatic rings. The Bertz CT molecular complexity index is 174. The van der Waals surface area contributed by atoms with Gasteiger partial charge in [0, 0.05) is 0 Å². The van der Waals surface area contributed by atoms with Gasteiger partial charge in [0.15, 0.2) is 8.32 Å². The van der Waals surface area contributed by atoms with Crippen LogP contribution >= 0.6 is 0 Å². The van der Waals surface area contributed by atoms with Crippen LogP contribution < -0.4 is 0 Å². The molecule has 1 saturated heterocycles. The van der Waals surface area contributed by atoms with Gasteiger partial charge in [0.05, 0.1) is 5.22 Å². The molecule has 1 aliphatic heterocycles. The molecule has 1 heterocycles. The van der Waals surface area contributed by atoms with Gasteiger partial charge in [0.1, 0.15) is 0 Å². The molecule has 1 N–H and O–H groups in total. The predicted molar refractivity (Wildman–Crippen MR) is 51.5 cm³/mol. The molecule has 0 amide bonds. The maximum atomic E-state index is 9.75. The van der Waals surface area contributed by atoms with Crippen molar-refractivity contribution in [1.82, 2.24) is 0 Å². The molecule has 66 valence electrons. The van der Waals surface area contributed by atoms with Crippen molar-refractivity contribution in [2.45, 2.75) is 44.4 Å². The molecular formula is C7H18O2Si2. The van der Waals surface area contributed by atoms with E-state index in [1.165, 1.54) is 0 Å². The molecule has 2 nitrogen and oxygen atoms in total. The highest BCUT2D eigenvalue weighted by atomic mass is 28.4. The molecule has 0 spiro atoms. The first-order chi connectivity index (χ1) is 4.66. The van der Waals surface area contributed by atoms with Gasteiger partial charge in [-0.25, -0.2) is 0 Å². The summed E-state index contributed by atoms with van der Waals surface area (Å²) >= 11 is 0. The van der Waals surface area contributed by atoms with E-state index in [0.29, 0.717) is 0 Å². The summed E-state index contributed by atoms with van der Waals surface area (Å²) in [4.78, 5) is 9.75. The third-order valence-electron chi connectivity index (χ3n) is 2.23. The third-order valence-corrected chi connectivity index (χ3v) is 6.99. The van der Waals surface area contributed by atoms with Gasteiger partial charge in [-0.2, -0.15) is 0 Å². The molecule has 0 aliphatic carbocycles. The second kappa shape index (κ2) is 2.19. The Labute approximate surface area is 70.8 Å². The summed E-state index contributed by atoms with van der Waals surface area (Å²) in [6.45, 7) is 10.5. The fourth-order valence-corrected chi connectivity index (χ4v) is 6.87. The first kappa shape index (κ1) is 9.44. The van der Waals surface area contributed by atoms with E-state index in [0.717, 1.165) is 6.04 Å². The van der Waals surface area contributed by atoms with E-state index < -0.39 is 16.6 Å². The largest absolute Gasteiger partial charge is 0.429 e. The quantitative estimate of drug-likeness (QED) is 0.672. The first-order valence-corrected chi connectivity index (χ1v) is 10.2. The summed E-state index contributed by atoms with van der Waals surface area (Å²) in [5.74, 6) is 0. The Morgan fingerprint density at radius 2 is 1.82 bits per heavy atom. The van der Waals surface area contributed by atoms with Crippen molar-refractivity contribution in [2.24, 2.45) is 0 Å². The summed E-state index contributed by atoms with van der Waals surface area (Å²) < 4.78 is 5.90. The maximum Gasteiger partial charge on any atom is 0.217 e. The zero-order valence-corrected chi connectivity index (χ0v) is 10.1. The molecule has 4 heteroatoms. The highest BCUT2D eigenvalue weighted by Gasteiger charge is 2.65. The van der Waals surface area contributed by atoms with E-state index in [1.807, 2.05) is 6.55 Å². The highest BCUT2D eigenvalue weighted by molar-refractivity contribution is 6.86. The second-order valence-corrected chi connectivity index (χ2v) is 13.3. The van der Waals surface area contributed by atoms with Crippen LogP contribution in [0.4, 0.5) is 0 Å². The predicted octanol–water partition coefficient (Wildman–Crippen LogP) is 1.72. The Morgan fingerprint density at radius 3 is 1.91 bits per heavy atom. The van der Waals surface area contributed by atoms with E-state index in [4.69, 9.17) is 4.43 Å². The smallest absolute Gasteiger partial charge is 0.217 e. The fraction of sp³-hybridized carbons (Fsp3) is 1.00. The molecule has 11 heavy (non-hydrogen) atoms. The summed E-state index contributed by atoms with van der Waals surface area (Å²) in [6, 6.07) is 0.921. The van der Waals surface area contributed by atoms with Gasteiger partial charge in [-0.3, -0.25) is 0 Å². The average molecular weight is 190 g/mol. The van der Waals surface area contributed by atoms with Gasteiger partial charge in [-0.05, 0) is 39.2 Å². The highest BCUT2D eigenvalue weighted by Crippen LogP contribution is 2.48. The molecule has 0 bridgehead atoms. The molecule has 1 rings (SSSR count). The van der Waals surface area contributed by atoms with Crippen molar-refractivity contribution in [3.8, 4) is 0 Å². The van der Waals surface area contributed by atoms with Gasteiger partial charge in [-0.15, -0.1) is 0 Å².